The lowest BCUT2D eigenvalue weighted by molar-refractivity contribution is -0.133. The molecular formula is C15H19NO3. The molecule has 4 nitrogen and oxygen atoms in total. The van der Waals surface area contributed by atoms with Gasteiger partial charge < -0.3 is 10.1 Å². The number of ketones is 1. The second kappa shape index (κ2) is 6.48. The number of anilines is 1. The molecule has 1 atom stereocenters. The van der Waals surface area contributed by atoms with Gasteiger partial charge in [0.25, 0.3) is 5.91 Å². The maximum Gasteiger partial charge on any atom is 0.253 e. The first-order chi connectivity index (χ1) is 9.15. The van der Waals surface area contributed by atoms with Crippen molar-refractivity contribution < 1.29 is 14.3 Å². The van der Waals surface area contributed by atoms with E-state index >= 15 is 0 Å². The van der Waals surface area contributed by atoms with Crippen molar-refractivity contribution in [1.82, 2.24) is 0 Å². The summed E-state index contributed by atoms with van der Waals surface area (Å²) in [6.45, 7) is 1.74. The topological polar surface area (TPSA) is 55.4 Å². The number of Topliss-reactive ketones (excluding diaryl/α,β-unsaturated/α-hetero) is 1. The van der Waals surface area contributed by atoms with Crippen LogP contribution in [-0.2, 0) is 14.3 Å². The van der Waals surface area contributed by atoms with Gasteiger partial charge in [0, 0.05) is 18.5 Å². The molecule has 0 aliphatic heterocycles. The number of carbonyl (C=O) groups is 2. The standard InChI is InChI=1S/C15H19NO3/c1-11(19-14-9-7-13(17)8-10-14)15(18)16-12-5-3-2-4-6-12/h2-6,11,14H,7-10H2,1H3,(H,16,18). The zero-order valence-corrected chi connectivity index (χ0v) is 11.1. The Kier molecular flexibility index (Phi) is 4.68. The number of carbonyl (C=O) groups excluding carboxylic acids is 2. The smallest absolute Gasteiger partial charge is 0.253 e. The minimum atomic E-state index is -0.501. The minimum absolute atomic E-state index is 0.0224. The van der Waals surface area contributed by atoms with E-state index < -0.39 is 6.10 Å². The van der Waals surface area contributed by atoms with Crippen LogP contribution in [0, 0.1) is 0 Å². The fraction of sp³-hybridized carbons (Fsp3) is 0.467. The molecule has 1 aliphatic rings. The fourth-order valence-corrected chi connectivity index (χ4v) is 2.17. The number of hydrogen-bond acceptors (Lipinski definition) is 3. The Bertz CT molecular complexity index is 434. The summed E-state index contributed by atoms with van der Waals surface area (Å²) in [7, 11) is 0. The number of para-hydroxylation sites is 1. The van der Waals surface area contributed by atoms with Crippen LogP contribution in [0.5, 0.6) is 0 Å². The van der Waals surface area contributed by atoms with Gasteiger partial charge >= 0.3 is 0 Å². The molecule has 0 saturated heterocycles. The summed E-state index contributed by atoms with van der Waals surface area (Å²) in [5.74, 6) is 0.143. The third kappa shape index (κ3) is 4.17. The van der Waals surface area contributed by atoms with Crippen molar-refractivity contribution in [2.75, 3.05) is 5.32 Å². The summed E-state index contributed by atoms with van der Waals surface area (Å²) in [6, 6.07) is 9.31. The molecule has 1 aliphatic carbocycles. The van der Waals surface area contributed by atoms with Gasteiger partial charge in [-0.15, -0.1) is 0 Å². The van der Waals surface area contributed by atoms with Crippen LogP contribution in [0.15, 0.2) is 30.3 Å². The van der Waals surface area contributed by atoms with Crippen LogP contribution in [-0.4, -0.2) is 23.9 Å². The molecule has 1 fully saturated rings. The summed E-state index contributed by atoms with van der Waals surface area (Å²) in [5.41, 5.74) is 0.766. The van der Waals surface area contributed by atoms with E-state index in [1.54, 1.807) is 6.92 Å². The van der Waals surface area contributed by atoms with Gasteiger partial charge in [-0.1, -0.05) is 18.2 Å². The number of rotatable bonds is 4. The predicted molar refractivity (Wildman–Crippen MR) is 72.9 cm³/mol. The van der Waals surface area contributed by atoms with Gasteiger partial charge in [0.05, 0.1) is 6.10 Å². The van der Waals surface area contributed by atoms with E-state index in [-0.39, 0.29) is 12.0 Å². The minimum Gasteiger partial charge on any atom is -0.365 e. The van der Waals surface area contributed by atoms with Crippen LogP contribution in [0.25, 0.3) is 0 Å². The molecule has 1 N–H and O–H groups in total. The van der Waals surface area contributed by atoms with Crippen molar-refractivity contribution in [1.29, 1.82) is 0 Å². The molecule has 0 heterocycles. The second-order valence-electron chi connectivity index (χ2n) is 4.87. The Labute approximate surface area is 113 Å². The van der Waals surface area contributed by atoms with Gasteiger partial charge in [-0.2, -0.15) is 0 Å². The van der Waals surface area contributed by atoms with Gasteiger partial charge in [0.1, 0.15) is 11.9 Å². The van der Waals surface area contributed by atoms with Crippen LogP contribution in [0.4, 0.5) is 5.69 Å². The van der Waals surface area contributed by atoms with Gasteiger partial charge in [-0.3, -0.25) is 9.59 Å². The van der Waals surface area contributed by atoms with Crippen LogP contribution < -0.4 is 5.32 Å². The Morgan fingerprint density at radius 3 is 2.53 bits per heavy atom. The molecule has 1 amide bonds. The maximum atomic E-state index is 11.9. The molecule has 4 heteroatoms. The maximum absolute atomic E-state index is 11.9. The summed E-state index contributed by atoms with van der Waals surface area (Å²) in [5, 5.41) is 2.81. The van der Waals surface area contributed by atoms with Crippen molar-refractivity contribution in [3.63, 3.8) is 0 Å². The van der Waals surface area contributed by atoms with E-state index in [2.05, 4.69) is 5.32 Å². The fourth-order valence-electron chi connectivity index (χ4n) is 2.17. The van der Waals surface area contributed by atoms with Crippen molar-refractivity contribution in [3.05, 3.63) is 30.3 Å². The molecule has 0 bridgehead atoms. The Morgan fingerprint density at radius 2 is 1.89 bits per heavy atom. The average molecular weight is 261 g/mol. The highest BCUT2D eigenvalue weighted by Crippen LogP contribution is 2.19. The van der Waals surface area contributed by atoms with Crippen molar-refractivity contribution >= 4 is 17.4 Å². The first kappa shape index (κ1) is 13.7. The molecule has 19 heavy (non-hydrogen) atoms. The van der Waals surface area contributed by atoms with Gasteiger partial charge in [0.2, 0.25) is 0 Å². The lowest BCUT2D eigenvalue weighted by Gasteiger charge is -2.24. The first-order valence-electron chi connectivity index (χ1n) is 6.68. The number of benzene rings is 1. The third-order valence-corrected chi connectivity index (χ3v) is 3.30. The lowest BCUT2D eigenvalue weighted by Crippen LogP contribution is -2.33. The molecule has 1 unspecified atom stereocenters. The molecule has 0 radical (unpaired) electrons. The summed E-state index contributed by atoms with van der Waals surface area (Å²) in [4.78, 5) is 23.1. The first-order valence-corrected chi connectivity index (χ1v) is 6.68. The summed E-state index contributed by atoms with van der Waals surface area (Å²) in [6.07, 6.45) is 2.10. The lowest BCUT2D eigenvalue weighted by atomic mass is 9.96. The predicted octanol–water partition coefficient (Wildman–Crippen LogP) is 2.54. The van der Waals surface area contributed by atoms with E-state index in [9.17, 15) is 9.59 Å². The molecular weight excluding hydrogens is 242 g/mol. The molecule has 1 aromatic carbocycles. The van der Waals surface area contributed by atoms with E-state index in [1.807, 2.05) is 30.3 Å². The van der Waals surface area contributed by atoms with Crippen LogP contribution in [0.1, 0.15) is 32.6 Å². The quantitative estimate of drug-likeness (QED) is 0.906. The molecule has 0 aromatic heterocycles. The number of amides is 1. The van der Waals surface area contributed by atoms with Gasteiger partial charge in [0.15, 0.2) is 0 Å². The van der Waals surface area contributed by atoms with Crippen molar-refractivity contribution in [2.45, 2.75) is 44.8 Å². The molecule has 0 spiro atoms. The van der Waals surface area contributed by atoms with Crippen molar-refractivity contribution in [2.24, 2.45) is 0 Å². The zero-order valence-electron chi connectivity index (χ0n) is 11.1. The molecule has 102 valence electrons. The normalized spacial score (nSPS) is 18.1. The largest absolute Gasteiger partial charge is 0.365 e. The number of hydrogen-bond donors (Lipinski definition) is 1. The highest BCUT2D eigenvalue weighted by atomic mass is 16.5. The van der Waals surface area contributed by atoms with Crippen molar-refractivity contribution in [3.8, 4) is 0 Å². The molecule has 1 saturated carbocycles. The van der Waals surface area contributed by atoms with Crippen LogP contribution in [0.3, 0.4) is 0 Å². The summed E-state index contributed by atoms with van der Waals surface area (Å²) < 4.78 is 5.71. The third-order valence-electron chi connectivity index (χ3n) is 3.30. The summed E-state index contributed by atoms with van der Waals surface area (Å²) >= 11 is 0. The Balaban J connectivity index is 1.81. The Morgan fingerprint density at radius 1 is 1.26 bits per heavy atom. The molecule has 1 aromatic rings. The zero-order chi connectivity index (χ0) is 13.7. The van der Waals surface area contributed by atoms with Gasteiger partial charge in [-0.25, -0.2) is 0 Å². The monoisotopic (exact) mass is 261 g/mol. The number of nitrogens with one attached hydrogen (secondary N) is 1. The van der Waals surface area contributed by atoms with E-state index in [1.165, 1.54) is 0 Å². The van der Waals surface area contributed by atoms with Gasteiger partial charge in [-0.05, 0) is 31.9 Å². The van der Waals surface area contributed by atoms with Crippen LogP contribution in [0.2, 0.25) is 0 Å². The van der Waals surface area contributed by atoms with E-state index in [0.717, 1.165) is 18.5 Å². The second-order valence-corrected chi connectivity index (χ2v) is 4.87. The molecule has 2 rings (SSSR count). The van der Waals surface area contributed by atoms with E-state index in [0.29, 0.717) is 18.6 Å². The SMILES string of the molecule is CC(OC1CCC(=O)CC1)C(=O)Nc1ccccc1. The highest BCUT2D eigenvalue weighted by Gasteiger charge is 2.23. The Hall–Kier alpha value is -1.68. The van der Waals surface area contributed by atoms with Crippen LogP contribution >= 0.6 is 0 Å². The number of ether oxygens (including phenoxy) is 1. The van der Waals surface area contributed by atoms with E-state index in [4.69, 9.17) is 4.74 Å². The average Bonchev–Trinajstić information content (AvgIpc) is 2.42. The highest BCUT2D eigenvalue weighted by molar-refractivity contribution is 5.93.